The molecule has 0 aliphatic carbocycles. The van der Waals surface area contributed by atoms with E-state index in [2.05, 4.69) is 25.6 Å². The summed E-state index contributed by atoms with van der Waals surface area (Å²) in [5.41, 5.74) is 1.58. The molecule has 3 atom stereocenters. The maximum atomic E-state index is 13.7. The fourth-order valence-electron chi connectivity index (χ4n) is 4.58. The van der Waals surface area contributed by atoms with Crippen molar-refractivity contribution >= 4 is 26.7 Å². The van der Waals surface area contributed by atoms with E-state index < -0.39 is 16.7 Å². The van der Waals surface area contributed by atoms with Crippen molar-refractivity contribution in [3.05, 3.63) is 66.3 Å². The average molecular weight is 523 g/mol. The van der Waals surface area contributed by atoms with E-state index in [4.69, 9.17) is 4.74 Å². The molecule has 4 rings (SSSR count). The number of fused-ring (bicyclic) bond motifs is 1. The quantitative estimate of drug-likeness (QED) is 0.480. The second kappa shape index (κ2) is 11.0. The molecule has 0 unspecified atom stereocenters. The van der Waals surface area contributed by atoms with Gasteiger partial charge < -0.3 is 4.74 Å². The first-order chi connectivity index (χ1) is 16.8. The molecule has 2 aromatic rings. The highest BCUT2D eigenvalue weighted by Crippen LogP contribution is 2.42. The summed E-state index contributed by atoms with van der Waals surface area (Å²) in [6.07, 6.45) is 7.66. The molecule has 0 spiro atoms. The van der Waals surface area contributed by atoms with Crippen LogP contribution in [0.15, 0.2) is 65.6 Å². The minimum absolute atomic E-state index is 0.0612. The largest absolute Gasteiger partial charge is 0.493 e. The van der Waals surface area contributed by atoms with Crippen LogP contribution in [0.5, 0.6) is 5.75 Å². The Morgan fingerprint density at radius 2 is 2.20 bits per heavy atom. The number of ether oxygens (including phenoxy) is 1. The van der Waals surface area contributed by atoms with Gasteiger partial charge in [0, 0.05) is 41.7 Å². The fourth-order valence-corrected chi connectivity index (χ4v) is 6.26. The number of benzene rings is 1. The molecular weight excluding hydrogens is 494 g/mol. The van der Waals surface area contributed by atoms with Crippen molar-refractivity contribution in [2.24, 2.45) is 5.92 Å². The number of hydrogen-bond acceptors (Lipinski definition) is 7. The molecule has 2 aliphatic heterocycles. The zero-order valence-electron chi connectivity index (χ0n) is 19.4. The molecule has 1 aromatic heterocycles. The Bertz CT molecular complexity index is 1220. The second-order valence-electron chi connectivity index (χ2n) is 8.58. The molecule has 188 valence electrons. The minimum atomic E-state index is -3.85. The lowest BCUT2D eigenvalue weighted by Gasteiger charge is -2.45. The molecule has 1 fully saturated rings. The third-order valence-corrected chi connectivity index (χ3v) is 8.46. The van der Waals surface area contributed by atoms with E-state index >= 15 is 0 Å². The van der Waals surface area contributed by atoms with Crippen LogP contribution in [0.3, 0.4) is 0 Å². The highest BCUT2D eigenvalue weighted by molar-refractivity contribution is 7.93. The summed E-state index contributed by atoms with van der Waals surface area (Å²) in [6.45, 7) is 6.44. The van der Waals surface area contributed by atoms with Crippen LogP contribution in [0.25, 0.3) is 0 Å². The number of nitrogens with one attached hydrogen (secondary N) is 1. The van der Waals surface area contributed by atoms with Gasteiger partial charge in [-0.2, -0.15) is 4.37 Å². The second-order valence-corrected chi connectivity index (χ2v) is 11.0. The Hall–Kier alpha value is -2.63. The molecule has 11 heteroatoms. The predicted molar refractivity (Wildman–Crippen MR) is 132 cm³/mol. The third kappa shape index (κ3) is 5.79. The van der Waals surface area contributed by atoms with Crippen molar-refractivity contribution in [1.29, 1.82) is 0 Å². The summed E-state index contributed by atoms with van der Waals surface area (Å²) in [7, 11) is -3.85. The van der Waals surface area contributed by atoms with Gasteiger partial charge in [0.25, 0.3) is 10.0 Å². The number of halogens is 2. The molecule has 1 aromatic carbocycles. The van der Waals surface area contributed by atoms with E-state index in [9.17, 15) is 17.2 Å². The smallest absolute Gasteiger partial charge is 0.263 e. The Morgan fingerprint density at radius 1 is 1.37 bits per heavy atom. The van der Waals surface area contributed by atoms with Gasteiger partial charge >= 0.3 is 0 Å². The topological polar surface area (TPSA) is 84.4 Å². The summed E-state index contributed by atoms with van der Waals surface area (Å²) in [4.78, 5) is 6.20. The van der Waals surface area contributed by atoms with Gasteiger partial charge in [-0.05, 0) is 49.9 Å². The van der Waals surface area contributed by atoms with E-state index in [0.29, 0.717) is 43.7 Å². The first-order valence-electron chi connectivity index (χ1n) is 11.4. The Balaban J connectivity index is 1.61. The fraction of sp³-hybridized carbons (Fsp3) is 0.417. The molecule has 1 N–H and O–H groups in total. The monoisotopic (exact) mass is 522 g/mol. The van der Waals surface area contributed by atoms with Crippen LogP contribution in [0, 0.1) is 5.92 Å². The van der Waals surface area contributed by atoms with Gasteiger partial charge in [0.2, 0.25) is 5.13 Å². The first kappa shape index (κ1) is 25.5. The lowest BCUT2D eigenvalue weighted by Crippen LogP contribution is -2.46. The maximum Gasteiger partial charge on any atom is 0.263 e. The summed E-state index contributed by atoms with van der Waals surface area (Å²) >= 11 is 0.948. The highest BCUT2D eigenvalue weighted by atomic mass is 32.2. The first-order valence-corrected chi connectivity index (χ1v) is 13.6. The number of alkyl halides is 1. The Morgan fingerprint density at radius 3 is 2.91 bits per heavy atom. The van der Waals surface area contributed by atoms with Crippen molar-refractivity contribution in [2.75, 3.05) is 24.5 Å². The average Bonchev–Trinajstić information content (AvgIpc) is 3.38. The number of likely N-dealkylation sites (tertiary alicyclic amines) is 1. The number of allylic oxidation sites excluding steroid dienone is 3. The summed E-state index contributed by atoms with van der Waals surface area (Å²) < 4.78 is 64.9. The van der Waals surface area contributed by atoms with Gasteiger partial charge in [0.1, 0.15) is 17.9 Å². The van der Waals surface area contributed by atoms with E-state index in [1.165, 1.54) is 24.5 Å². The van der Waals surface area contributed by atoms with Crippen molar-refractivity contribution in [3.63, 3.8) is 0 Å². The van der Waals surface area contributed by atoms with Gasteiger partial charge in [0.15, 0.2) is 0 Å². The van der Waals surface area contributed by atoms with E-state index in [0.717, 1.165) is 17.1 Å². The lowest BCUT2D eigenvalue weighted by molar-refractivity contribution is 0.0575. The van der Waals surface area contributed by atoms with Gasteiger partial charge in [0.05, 0.1) is 18.2 Å². The maximum absolute atomic E-state index is 13.7. The van der Waals surface area contributed by atoms with Crippen LogP contribution < -0.4 is 9.46 Å². The highest BCUT2D eigenvalue weighted by Gasteiger charge is 2.37. The zero-order valence-corrected chi connectivity index (χ0v) is 21.0. The van der Waals surface area contributed by atoms with Crippen molar-refractivity contribution in [3.8, 4) is 5.75 Å². The van der Waals surface area contributed by atoms with Crippen molar-refractivity contribution in [1.82, 2.24) is 14.3 Å². The lowest BCUT2D eigenvalue weighted by atomic mass is 9.85. The number of anilines is 1. The zero-order chi connectivity index (χ0) is 25.0. The number of hydrogen-bond donors (Lipinski definition) is 1. The number of piperidine rings is 1. The van der Waals surface area contributed by atoms with Gasteiger partial charge in [-0.15, -0.1) is 0 Å². The number of rotatable bonds is 8. The molecule has 0 amide bonds. The van der Waals surface area contributed by atoms with Crippen molar-refractivity contribution in [2.45, 2.75) is 43.2 Å². The third-order valence-electron chi connectivity index (χ3n) is 6.42. The molecule has 35 heavy (non-hydrogen) atoms. The summed E-state index contributed by atoms with van der Waals surface area (Å²) in [6, 6.07) is 4.61. The van der Waals surface area contributed by atoms with E-state index in [-0.39, 0.29) is 33.9 Å². The molecule has 0 saturated carbocycles. The van der Waals surface area contributed by atoms with Crippen LogP contribution in [-0.4, -0.2) is 48.5 Å². The summed E-state index contributed by atoms with van der Waals surface area (Å²) in [5.74, 6) is 0.0583. The van der Waals surface area contributed by atoms with Crippen LogP contribution in [-0.2, 0) is 10.0 Å². The van der Waals surface area contributed by atoms with E-state index in [1.54, 1.807) is 25.1 Å². The van der Waals surface area contributed by atoms with Gasteiger partial charge in [-0.3, -0.25) is 14.0 Å². The van der Waals surface area contributed by atoms with Crippen molar-refractivity contribution < 1.29 is 21.9 Å². The van der Waals surface area contributed by atoms with E-state index in [1.807, 2.05) is 0 Å². The number of sulfonamides is 1. The molecule has 3 heterocycles. The number of nitrogens with zero attached hydrogens (tertiary/aromatic N) is 3. The minimum Gasteiger partial charge on any atom is -0.493 e. The van der Waals surface area contributed by atoms with Crippen LogP contribution in [0.2, 0.25) is 0 Å². The van der Waals surface area contributed by atoms with Gasteiger partial charge in [-0.1, -0.05) is 24.8 Å². The molecule has 0 bridgehead atoms. The van der Waals surface area contributed by atoms with Crippen LogP contribution in [0.4, 0.5) is 13.9 Å². The molecule has 7 nitrogen and oxygen atoms in total. The van der Waals surface area contributed by atoms with Crippen LogP contribution in [0.1, 0.15) is 37.8 Å². The summed E-state index contributed by atoms with van der Waals surface area (Å²) in [5, 5.41) is 0.181. The predicted octanol–water partition coefficient (Wildman–Crippen LogP) is 5.20. The Labute approximate surface area is 208 Å². The molecule has 1 saturated heterocycles. The Kier molecular flexibility index (Phi) is 7.98. The standard InChI is InChI=1S/C24H28F2N4O3S2/c1-3-18(26)5-4-16(2)22-12-17(14-25)8-10-30(22)21-9-11-33-23-13-19(6-7-20(21)23)35(31,32)29-24-27-15-28-34-24/h3-7,13,15,17,21-22H,2,8-12,14H2,1H3,(H,27,28,29)/b5-4-,18-3+/t17-,21-,22+/m0/s1. The SMILES string of the molecule is C=C(/C=C\C(F)=C/C)[C@H]1C[C@@H](CF)CCN1[C@H]1CCOc2cc(S(=O)(=O)Nc3ncns3)ccc21. The van der Waals surface area contributed by atoms with Crippen LogP contribution >= 0.6 is 11.5 Å². The normalized spacial score (nSPS) is 23.6. The molecule has 2 aliphatic rings. The van der Waals surface area contributed by atoms with Gasteiger partial charge in [-0.25, -0.2) is 17.8 Å². The molecular formula is C24H28F2N4O3S2. The number of aromatic nitrogens is 2. The molecule has 0 radical (unpaired) electrons.